The smallest absolute Gasteiger partial charge is 0.241 e. The van der Waals surface area contributed by atoms with Gasteiger partial charge in [-0.2, -0.15) is 0 Å². The topological polar surface area (TPSA) is 66.4 Å². The van der Waals surface area contributed by atoms with E-state index in [1.807, 2.05) is 33.8 Å². The summed E-state index contributed by atoms with van der Waals surface area (Å²) in [5.41, 5.74) is 2.62. The summed E-state index contributed by atoms with van der Waals surface area (Å²) in [6, 6.07) is 2.01. The van der Waals surface area contributed by atoms with Crippen LogP contribution in [-0.2, 0) is 10.0 Å². The lowest BCUT2D eigenvalue weighted by Gasteiger charge is -2.23. The van der Waals surface area contributed by atoms with Gasteiger partial charge in [0.1, 0.15) is 0 Å². The zero-order valence-corrected chi connectivity index (χ0v) is 14.1. The van der Waals surface area contributed by atoms with Gasteiger partial charge >= 0.3 is 0 Å². The lowest BCUT2D eigenvalue weighted by molar-refractivity contribution is 0.0531. The van der Waals surface area contributed by atoms with Crippen molar-refractivity contribution in [3.63, 3.8) is 0 Å². The molecule has 1 aliphatic rings. The van der Waals surface area contributed by atoms with Gasteiger partial charge in [0.15, 0.2) is 0 Å². The van der Waals surface area contributed by atoms with Gasteiger partial charge in [0.2, 0.25) is 10.0 Å². The molecule has 0 amide bonds. The van der Waals surface area contributed by atoms with Crippen molar-refractivity contribution in [2.24, 2.45) is 0 Å². The molecule has 1 fully saturated rings. The van der Waals surface area contributed by atoms with E-state index in [0.717, 1.165) is 35.1 Å². The first-order chi connectivity index (χ1) is 9.66. The van der Waals surface area contributed by atoms with Gasteiger partial charge in [-0.25, -0.2) is 13.1 Å². The molecule has 0 radical (unpaired) electrons. The fraction of sp³-hybridized carbons (Fsp3) is 0.625. The Hall–Kier alpha value is -0.910. The molecule has 4 nitrogen and oxygen atoms in total. The van der Waals surface area contributed by atoms with E-state index in [4.69, 9.17) is 0 Å². The first kappa shape index (κ1) is 16.5. The summed E-state index contributed by atoms with van der Waals surface area (Å²) in [5.74, 6) is 0. The van der Waals surface area contributed by atoms with Crippen LogP contribution < -0.4 is 4.72 Å². The number of nitrogens with one attached hydrogen (secondary N) is 1. The van der Waals surface area contributed by atoms with Crippen molar-refractivity contribution < 1.29 is 13.5 Å². The monoisotopic (exact) mass is 311 g/mol. The predicted octanol–water partition coefficient (Wildman–Crippen LogP) is 2.50. The molecule has 0 atom stereocenters. The van der Waals surface area contributed by atoms with Crippen LogP contribution in [0.1, 0.15) is 47.9 Å². The Morgan fingerprint density at radius 3 is 2.05 bits per heavy atom. The summed E-state index contributed by atoms with van der Waals surface area (Å²) in [6.07, 6.45) is 3.25. The second kappa shape index (κ2) is 5.71. The van der Waals surface area contributed by atoms with E-state index in [-0.39, 0.29) is 6.54 Å². The van der Waals surface area contributed by atoms with E-state index in [9.17, 15) is 13.5 Å². The molecule has 0 bridgehead atoms. The number of aryl methyl sites for hydroxylation is 2. The summed E-state index contributed by atoms with van der Waals surface area (Å²) in [5, 5.41) is 10.3. The predicted molar refractivity (Wildman–Crippen MR) is 84.0 cm³/mol. The van der Waals surface area contributed by atoms with Crippen LogP contribution in [-0.4, -0.2) is 25.7 Å². The average Bonchev–Trinajstić information content (AvgIpc) is 2.82. The molecule has 1 aliphatic carbocycles. The minimum Gasteiger partial charge on any atom is -0.389 e. The van der Waals surface area contributed by atoms with Gasteiger partial charge in [0, 0.05) is 6.54 Å². The first-order valence-corrected chi connectivity index (χ1v) is 8.94. The minimum atomic E-state index is -3.60. The van der Waals surface area contributed by atoms with Crippen LogP contribution in [0.2, 0.25) is 0 Å². The molecule has 1 saturated carbocycles. The van der Waals surface area contributed by atoms with Crippen LogP contribution in [0.5, 0.6) is 0 Å². The number of aliphatic hydroxyl groups is 1. The maximum atomic E-state index is 12.7. The Kier molecular flexibility index (Phi) is 4.47. The highest BCUT2D eigenvalue weighted by Gasteiger charge is 2.33. The number of hydrogen-bond donors (Lipinski definition) is 2. The van der Waals surface area contributed by atoms with Gasteiger partial charge in [0.05, 0.1) is 10.5 Å². The Labute approximate surface area is 127 Å². The van der Waals surface area contributed by atoms with Gasteiger partial charge in [-0.05, 0) is 62.8 Å². The first-order valence-electron chi connectivity index (χ1n) is 7.46. The minimum absolute atomic E-state index is 0.0984. The highest BCUT2D eigenvalue weighted by molar-refractivity contribution is 7.89. The van der Waals surface area contributed by atoms with E-state index < -0.39 is 15.6 Å². The van der Waals surface area contributed by atoms with Gasteiger partial charge in [-0.1, -0.05) is 18.9 Å². The molecule has 0 unspecified atom stereocenters. The van der Waals surface area contributed by atoms with Crippen molar-refractivity contribution in [2.75, 3.05) is 6.54 Å². The maximum Gasteiger partial charge on any atom is 0.241 e. The van der Waals surface area contributed by atoms with Crippen molar-refractivity contribution in [3.8, 4) is 0 Å². The lowest BCUT2D eigenvalue weighted by atomic mass is 10.0. The highest BCUT2D eigenvalue weighted by Crippen LogP contribution is 2.30. The van der Waals surface area contributed by atoms with Crippen LogP contribution >= 0.6 is 0 Å². The van der Waals surface area contributed by atoms with Crippen LogP contribution in [0.4, 0.5) is 0 Å². The fourth-order valence-corrected chi connectivity index (χ4v) is 4.83. The Morgan fingerprint density at radius 2 is 1.57 bits per heavy atom. The summed E-state index contributed by atoms with van der Waals surface area (Å²) in [4.78, 5) is 0.363. The van der Waals surface area contributed by atoms with Gasteiger partial charge < -0.3 is 5.11 Å². The third kappa shape index (κ3) is 3.30. The highest BCUT2D eigenvalue weighted by atomic mass is 32.2. The molecule has 21 heavy (non-hydrogen) atoms. The molecule has 0 saturated heterocycles. The molecule has 0 heterocycles. The zero-order chi connectivity index (χ0) is 15.8. The van der Waals surface area contributed by atoms with E-state index in [0.29, 0.717) is 17.7 Å². The fourth-order valence-electron chi connectivity index (χ4n) is 3.10. The van der Waals surface area contributed by atoms with Gasteiger partial charge in [0.25, 0.3) is 0 Å². The third-order valence-corrected chi connectivity index (χ3v) is 6.37. The zero-order valence-electron chi connectivity index (χ0n) is 13.3. The average molecular weight is 311 g/mol. The summed E-state index contributed by atoms with van der Waals surface area (Å²) in [6.45, 7) is 7.61. The van der Waals surface area contributed by atoms with Gasteiger partial charge in [-0.15, -0.1) is 0 Å². The molecule has 0 spiro atoms. The largest absolute Gasteiger partial charge is 0.389 e. The molecule has 1 aromatic carbocycles. The molecule has 5 heteroatoms. The van der Waals surface area contributed by atoms with Crippen molar-refractivity contribution in [1.29, 1.82) is 0 Å². The summed E-state index contributed by atoms with van der Waals surface area (Å²) >= 11 is 0. The van der Waals surface area contributed by atoms with Crippen molar-refractivity contribution in [3.05, 3.63) is 28.3 Å². The van der Waals surface area contributed by atoms with E-state index in [1.54, 1.807) is 0 Å². The number of sulfonamides is 1. The van der Waals surface area contributed by atoms with Crippen LogP contribution in [0.15, 0.2) is 11.0 Å². The Bertz CT molecular complexity index is 618. The molecule has 0 aliphatic heterocycles. The molecular formula is C16H25NO3S. The second-order valence-electron chi connectivity index (χ2n) is 6.35. The van der Waals surface area contributed by atoms with Crippen LogP contribution in [0.3, 0.4) is 0 Å². The Morgan fingerprint density at radius 1 is 1.10 bits per heavy atom. The summed E-state index contributed by atoms with van der Waals surface area (Å²) < 4.78 is 27.9. The standard InChI is InChI=1S/C16H25NO3S/c1-11-9-12(2)14(4)15(13(11)3)21(19,20)17-10-16(18)7-5-6-8-16/h9,17-18H,5-8,10H2,1-4H3. The molecule has 0 aromatic heterocycles. The third-order valence-electron chi connectivity index (χ3n) is 4.69. The van der Waals surface area contributed by atoms with Crippen molar-refractivity contribution in [1.82, 2.24) is 4.72 Å². The molecule has 2 N–H and O–H groups in total. The van der Waals surface area contributed by atoms with E-state index in [2.05, 4.69) is 4.72 Å². The van der Waals surface area contributed by atoms with E-state index in [1.165, 1.54) is 0 Å². The van der Waals surface area contributed by atoms with Gasteiger partial charge in [-0.3, -0.25) is 0 Å². The second-order valence-corrected chi connectivity index (χ2v) is 8.05. The molecule has 2 rings (SSSR count). The molecule has 1 aromatic rings. The number of rotatable bonds is 4. The van der Waals surface area contributed by atoms with E-state index >= 15 is 0 Å². The number of hydrogen-bond acceptors (Lipinski definition) is 3. The number of benzene rings is 1. The molecular weight excluding hydrogens is 286 g/mol. The Balaban J connectivity index is 2.32. The molecule has 118 valence electrons. The quantitative estimate of drug-likeness (QED) is 0.898. The lowest BCUT2D eigenvalue weighted by Crippen LogP contribution is -2.41. The van der Waals surface area contributed by atoms with Crippen LogP contribution in [0, 0.1) is 27.7 Å². The van der Waals surface area contributed by atoms with Crippen LogP contribution in [0.25, 0.3) is 0 Å². The maximum absolute atomic E-state index is 12.7. The SMILES string of the molecule is Cc1cc(C)c(C)c(S(=O)(=O)NCC2(O)CCCC2)c1C. The summed E-state index contributed by atoms with van der Waals surface area (Å²) in [7, 11) is -3.60. The van der Waals surface area contributed by atoms with Crippen molar-refractivity contribution >= 4 is 10.0 Å². The van der Waals surface area contributed by atoms with Crippen molar-refractivity contribution in [2.45, 2.75) is 63.9 Å². The normalized spacial score (nSPS) is 18.1.